The molecular weight excluding hydrogens is 375 g/mol. The number of aromatic hydroxyl groups is 1. The Labute approximate surface area is 133 Å². The van der Waals surface area contributed by atoms with Crippen LogP contribution >= 0.6 is 34.8 Å². The van der Waals surface area contributed by atoms with Crippen molar-refractivity contribution in [2.24, 2.45) is 0 Å². The van der Waals surface area contributed by atoms with Crippen molar-refractivity contribution in [2.45, 2.75) is 32.9 Å². The first-order chi connectivity index (χ1) is 8.73. The third kappa shape index (κ3) is 5.40. The second-order valence-corrected chi connectivity index (χ2v) is 6.74. The summed E-state index contributed by atoms with van der Waals surface area (Å²) in [6, 6.07) is 3.49. The Morgan fingerprint density at radius 1 is 1.42 bits per heavy atom. The molecule has 4 nitrogen and oxygen atoms in total. The molecule has 0 aromatic heterocycles. The number of phenols is 1. The standard InChI is InChI=1S/C13H19IN2O2S/c1-13(2,3)16-12(19)15-7-8-5-11(18-4)10(17)6-9(8)14/h5-6,17H,7H2,1-4H3,(H2,15,16,19). The topological polar surface area (TPSA) is 53.5 Å². The summed E-state index contributed by atoms with van der Waals surface area (Å²) < 4.78 is 6.06. The molecule has 0 bridgehead atoms. The van der Waals surface area contributed by atoms with Gasteiger partial charge in [0.25, 0.3) is 0 Å². The van der Waals surface area contributed by atoms with Crippen molar-refractivity contribution >= 4 is 39.9 Å². The number of hydrogen-bond acceptors (Lipinski definition) is 3. The monoisotopic (exact) mass is 394 g/mol. The molecule has 0 aliphatic rings. The molecular formula is C13H19IN2O2S. The van der Waals surface area contributed by atoms with Crippen LogP contribution in [0, 0.1) is 3.57 Å². The molecule has 19 heavy (non-hydrogen) atoms. The maximum atomic E-state index is 9.66. The second-order valence-electron chi connectivity index (χ2n) is 5.17. The quantitative estimate of drug-likeness (QED) is 0.544. The predicted octanol–water partition coefficient (Wildman–Crippen LogP) is 2.77. The van der Waals surface area contributed by atoms with E-state index in [9.17, 15) is 5.11 Å². The first kappa shape index (κ1) is 16.3. The van der Waals surface area contributed by atoms with Crippen LogP contribution in [-0.4, -0.2) is 22.9 Å². The van der Waals surface area contributed by atoms with Gasteiger partial charge in [-0.25, -0.2) is 0 Å². The van der Waals surface area contributed by atoms with Crippen LogP contribution in [0.15, 0.2) is 12.1 Å². The normalized spacial score (nSPS) is 11.0. The van der Waals surface area contributed by atoms with Gasteiger partial charge in [0.05, 0.1) is 7.11 Å². The molecule has 106 valence electrons. The first-order valence-corrected chi connectivity index (χ1v) is 7.33. The third-order valence-corrected chi connectivity index (χ3v) is 3.53. The van der Waals surface area contributed by atoms with Crippen LogP contribution in [0.3, 0.4) is 0 Å². The summed E-state index contributed by atoms with van der Waals surface area (Å²) in [5.74, 6) is 0.609. The molecule has 0 heterocycles. The Morgan fingerprint density at radius 2 is 2.05 bits per heavy atom. The van der Waals surface area contributed by atoms with Crippen molar-refractivity contribution in [1.29, 1.82) is 0 Å². The largest absolute Gasteiger partial charge is 0.504 e. The number of hydrogen-bond donors (Lipinski definition) is 3. The van der Waals surface area contributed by atoms with E-state index in [0.29, 0.717) is 17.4 Å². The summed E-state index contributed by atoms with van der Waals surface area (Å²) in [7, 11) is 1.53. The van der Waals surface area contributed by atoms with Crippen molar-refractivity contribution in [3.8, 4) is 11.5 Å². The van der Waals surface area contributed by atoms with E-state index >= 15 is 0 Å². The SMILES string of the molecule is COc1cc(CNC(=S)NC(C)(C)C)c(I)cc1O. The fourth-order valence-electron chi connectivity index (χ4n) is 1.44. The van der Waals surface area contributed by atoms with Gasteiger partial charge in [-0.05, 0) is 73.3 Å². The Hall–Kier alpha value is -0.760. The Balaban J connectivity index is 2.70. The van der Waals surface area contributed by atoms with E-state index in [2.05, 4.69) is 33.2 Å². The highest BCUT2D eigenvalue weighted by Crippen LogP contribution is 2.30. The number of phenolic OH excluding ortho intramolecular Hbond substituents is 1. The van der Waals surface area contributed by atoms with Gasteiger partial charge in [-0.3, -0.25) is 0 Å². The van der Waals surface area contributed by atoms with Gasteiger partial charge in [-0.2, -0.15) is 0 Å². The number of halogens is 1. The molecule has 0 amide bonds. The summed E-state index contributed by atoms with van der Waals surface area (Å²) in [5.41, 5.74) is 0.956. The van der Waals surface area contributed by atoms with Crippen molar-refractivity contribution in [3.05, 3.63) is 21.3 Å². The molecule has 0 atom stereocenters. The van der Waals surface area contributed by atoms with Gasteiger partial charge in [0, 0.05) is 15.7 Å². The number of ether oxygens (including phenoxy) is 1. The maximum absolute atomic E-state index is 9.66. The van der Waals surface area contributed by atoms with E-state index in [1.807, 2.05) is 26.8 Å². The highest BCUT2D eigenvalue weighted by Gasteiger charge is 2.12. The molecule has 1 aromatic rings. The lowest BCUT2D eigenvalue weighted by atomic mass is 10.1. The summed E-state index contributed by atoms with van der Waals surface area (Å²) >= 11 is 7.40. The number of nitrogens with one attached hydrogen (secondary N) is 2. The van der Waals surface area contributed by atoms with Crippen molar-refractivity contribution in [1.82, 2.24) is 10.6 Å². The average Bonchev–Trinajstić information content (AvgIpc) is 2.25. The fourth-order valence-corrected chi connectivity index (χ4v) is 2.46. The lowest BCUT2D eigenvalue weighted by Crippen LogP contribution is -2.46. The molecule has 6 heteroatoms. The molecule has 1 rings (SSSR count). The number of rotatable bonds is 3. The van der Waals surface area contributed by atoms with Crippen molar-refractivity contribution < 1.29 is 9.84 Å². The minimum Gasteiger partial charge on any atom is -0.504 e. The van der Waals surface area contributed by atoms with Crippen molar-refractivity contribution in [2.75, 3.05) is 7.11 Å². The van der Waals surface area contributed by atoms with Gasteiger partial charge in [-0.1, -0.05) is 0 Å². The van der Waals surface area contributed by atoms with E-state index < -0.39 is 0 Å². The summed E-state index contributed by atoms with van der Waals surface area (Å²) in [6.07, 6.45) is 0. The van der Waals surface area contributed by atoms with Crippen LogP contribution in [0.25, 0.3) is 0 Å². The minimum absolute atomic E-state index is 0.0656. The lowest BCUT2D eigenvalue weighted by molar-refractivity contribution is 0.372. The van der Waals surface area contributed by atoms with Crippen LogP contribution in [0.5, 0.6) is 11.5 Å². The zero-order valence-corrected chi connectivity index (χ0v) is 14.5. The third-order valence-electron chi connectivity index (χ3n) is 2.28. The van der Waals surface area contributed by atoms with E-state index in [1.165, 1.54) is 7.11 Å². The van der Waals surface area contributed by atoms with Crippen LogP contribution in [0.2, 0.25) is 0 Å². The Bertz CT molecular complexity index is 472. The molecule has 0 spiro atoms. The minimum atomic E-state index is -0.0656. The number of benzene rings is 1. The smallest absolute Gasteiger partial charge is 0.166 e. The summed E-state index contributed by atoms with van der Waals surface area (Å²) in [5, 5.41) is 16.6. The second kappa shape index (κ2) is 6.60. The summed E-state index contributed by atoms with van der Waals surface area (Å²) in [6.45, 7) is 6.73. The summed E-state index contributed by atoms with van der Waals surface area (Å²) in [4.78, 5) is 0. The molecule has 0 unspecified atom stereocenters. The molecule has 0 saturated heterocycles. The first-order valence-electron chi connectivity index (χ1n) is 5.84. The molecule has 0 aliphatic carbocycles. The number of methoxy groups -OCH3 is 1. The zero-order chi connectivity index (χ0) is 14.6. The highest BCUT2D eigenvalue weighted by molar-refractivity contribution is 14.1. The van der Waals surface area contributed by atoms with Gasteiger partial charge in [0.2, 0.25) is 0 Å². The molecule has 0 saturated carbocycles. The van der Waals surface area contributed by atoms with Gasteiger partial charge in [-0.15, -0.1) is 0 Å². The van der Waals surface area contributed by atoms with E-state index in [0.717, 1.165) is 9.13 Å². The Morgan fingerprint density at radius 3 is 2.58 bits per heavy atom. The van der Waals surface area contributed by atoms with E-state index in [1.54, 1.807) is 6.07 Å². The molecule has 1 aromatic carbocycles. The highest BCUT2D eigenvalue weighted by atomic mass is 127. The molecule has 3 N–H and O–H groups in total. The van der Waals surface area contributed by atoms with Gasteiger partial charge in [0.15, 0.2) is 16.6 Å². The van der Waals surface area contributed by atoms with Crippen molar-refractivity contribution in [3.63, 3.8) is 0 Å². The lowest BCUT2D eigenvalue weighted by Gasteiger charge is -2.23. The molecule has 0 fully saturated rings. The predicted molar refractivity (Wildman–Crippen MR) is 89.7 cm³/mol. The maximum Gasteiger partial charge on any atom is 0.166 e. The van der Waals surface area contributed by atoms with Gasteiger partial charge >= 0.3 is 0 Å². The van der Waals surface area contributed by atoms with Gasteiger partial charge < -0.3 is 20.5 Å². The average molecular weight is 394 g/mol. The van der Waals surface area contributed by atoms with Crippen LogP contribution < -0.4 is 15.4 Å². The number of thiocarbonyl (C=S) groups is 1. The van der Waals surface area contributed by atoms with Crippen LogP contribution in [0.1, 0.15) is 26.3 Å². The van der Waals surface area contributed by atoms with Gasteiger partial charge in [0.1, 0.15) is 0 Å². The molecule has 0 aliphatic heterocycles. The van der Waals surface area contributed by atoms with E-state index in [-0.39, 0.29) is 11.3 Å². The van der Waals surface area contributed by atoms with Crippen LogP contribution in [0.4, 0.5) is 0 Å². The van der Waals surface area contributed by atoms with E-state index in [4.69, 9.17) is 17.0 Å². The fraction of sp³-hybridized carbons (Fsp3) is 0.462. The zero-order valence-electron chi connectivity index (χ0n) is 11.5. The Kier molecular flexibility index (Phi) is 5.66. The van der Waals surface area contributed by atoms with Crippen LogP contribution in [-0.2, 0) is 6.54 Å². The molecule has 0 radical (unpaired) electrons.